The van der Waals surface area contributed by atoms with Crippen molar-refractivity contribution in [2.75, 3.05) is 5.88 Å². The van der Waals surface area contributed by atoms with Crippen molar-refractivity contribution in [3.05, 3.63) is 32.4 Å². The number of carbonyl (C=O) groups excluding carboxylic acids is 1. The number of nitrogens with zero attached hydrogens (tertiary/aromatic N) is 1. The highest BCUT2D eigenvalue weighted by Crippen LogP contribution is 2.35. The topological polar surface area (TPSA) is 40.9 Å². The van der Waals surface area contributed by atoms with Crippen LogP contribution in [0.25, 0.3) is 0 Å². The van der Waals surface area contributed by atoms with Gasteiger partial charge in [-0.1, -0.05) is 0 Å². The predicted molar refractivity (Wildman–Crippen MR) is 63.9 cm³/mol. The lowest BCUT2D eigenvalue weighted by Gasteiger charge is -2.13. The van der Waals surface area contributed by atoms with Gasteiger partial charge in [-0.15, -0.1) is 11.6 Å². The molecule has 0 fully saturated rings. The minimum Gasteiger partial charge on any atom is -0.293 e. The van der Waals surface area contributed by atoms with Crippen molar-refractivity contribution in [3.8, 4) is 6.07 Å². The molecule has 0 amide bonds. The number of carbonyl (C=O) groups is 1. The van der Waals surface area contributed by atoms with Gasteiger partial charge in [-0.25, -0.2) is 0 Å². The maximum Gasteiger partial charge on any atom is 0.417 e. The molecule has 1 aromatic carbocycles. The number of ketones is 1. The summed E-state index contributed by atoms with van der Waals surface area (Å²) in [4.78, 5) is 11.4. The smallest absolute Gasteiger partial charge is 0.293 e. The molecule has 0 spiro atoms. The van der Waals surface area contributed by atoms with Crippen molar-refractivity contribution >= 4 is 40.0 Å². The first kappa shape index (κ1) is 14.3. The van der Waals surface area contributed by atoms with Gasteiger partial charge in [-0.2, -0.15) is 18.4 Å². The van der Waals surface area contributed by atoms with Crippen molar-refractivity contribution < 1.29 is 18.0 Å². The van der Waals surface area contributed by atoms with Crippen LogP contribution in [0.4, 0.5) is 13.2 Å². The van der Waals surface area contributed by atoms with Gasteiger partial charge < -0.3 is 0 Å². The number of halogens is 5. The molecule has 0 atom stereocenters. The summed E-state index contributed by atoms with van der Waals surface area (Å²) in [6, 6.07) is 3.49. The quantitative estimate of drug-likeness (QED) is 0.451. The number of rotatable bonds is 2. The van der Waals surface area contributed by atoms with E-state index in [-0.39, 0.29) is 9.13 Å². The highest BCUT2D eigenvalue weighted by atomic mass is 127. The lowest BCUT2D eigenvalue weighted by Crippen LogP contribution is -2.16. The van der Waals surface area contributed by atoms with Gasteiger partial charge in [-0.3, -0.25) is 4.79 Å². The minimum absolute atomic E-state index is 0.0691. The van der Waals surface area contributed by atoms with E-state index in [1.54, 1.807) is 28.7 Å². The molecule has 0 aliphatic carbocycles. The predicted octanol–water partition coefficient (Wildman–Crippen LogP) is 3.60. The molecule has 90 valence electrons. The first-order valence-electron chi connectivity index (χ1n) is 4.21. The Labute approximate surface area is 114 Å². The number of hydrogen-bond donors (Lipinski definition) is 0. The van der Waals surface area contributed by atoms with E-state index in [9.17, 15) is 18.0 Å². The fraction of sp³-hybridized carbons (Fsp3) is 0.200. The van der Waals surface area contributed by atoms with Crippen molar-refractivity contribution in [1.82, 2.24) is 0 Å². The Bertz CT molecular complexity index is 507. The first-order valence-corrected chi connectivity index (χ1v) is 5.82. The Kier molecular flexibility index (Phi) is 4.38. The lowest BCUT2D eigenvalue weighted by atomic mass is 10.0. The zero-order valence-corrected chi connectivity index (χ0v) is 11.0. The van der Waals surface area contributed by atoms with Crippen molar-refractivity contribution in [3.63, 3.8) is 0 Å². The van der Waals surface area contributed by atoms with Gasteiger partial charge in [0.05, 0.1) is 23.1 Å². The second kappa shape index (κ2) is 5.23. The number of alkyl halides is 4. The molecule has 0 saturated heterocycles. The van der Waals surface area contributed by atoms with Crippen LogP contribution < -0.4 is 0 Å². The summed E-state index contributed by atoms with van der Waals surface area (Å²) in [5, 5.41) is 8.61. The van der Waals surface area contributed by atoms with E-state index in [1.165, 1.54) is 6.07 Å². The lowest BCUT2D eigenvalue weighted by molar-refractivity contribution is -0.138. The van der Waals surface area contributed by atoms with E-state index in [4.69, 9.17) is 16.9 Å². The number of benzene rings is 1. The Balaban J connectivity index is 3.58. The van der Waals surface area contributed by atoms with Gasteiger partial charge in [0.1, 0.15) is 0 Å². The number of Topliss-reactive ketones (excluding diaryl/α,β-unsaturated/α-hetero) is 1. The summed E-state index contributed by atoms with van der Waals surface area (Å²) >= 11 is 6.85. The first-order chi connectivity index (χ1) is 7.81. The molecule has 0 aliphatic heterocycles. The van der Waals surface area contributed by atoms with Gasteiger partial charge in [0.2, 0.25) is 0 Å². The van der Waals surface area contributed by atoms with E-state index in [0.717, 1.165) is 0 Å². The van der Waals surface area contributed by atoms with Crippen LogP contribution in [0.3, 0.4) is 0 Å². The van der Waals surface area contributed by atoms with Crippen LogP contribution in [0, 0.1) is 14.9 Å². The summed E-state index contributed by atoms with van der Waals surface area (Å²) in [7, 11) is 0. The molecular weight excluding hydrogens is 369 g/mol. The maximum absolute atomic E-state index is 12.7. The van der Waals surface area contributed by atoms with Crippen molar-refractivity contribution in [2.45, 2.75) is 6.18 Å². The highest BCUT2D eigenvalue weighted by Gasteiger charge is 2.36. The van der Waals surface area contributed by atoms with Crippen LogP contribution >= 0.6 is 34.2 Å². The second-order valence-corrected chi connectivity index (χ2v) is 4.48. The summed E-state index contributed by atoms with van der Waals surface area (Å²) in [6.45, 7) is 0. The molecule has 0 unspecified atom stereocenters. The average molecular weight is 373 g/mol. The van der Waals surface area contributed by atoms with E-state index in [2.05, 4.69) is 0 Å². The Morgan fingerprint density at radius 2 is 2.06 bits per heavy atom. The van der Waals surface area contributed by atoms with Crippen LogP contribution in [0.15, 0.2) is 12.1 Å². The zero-order valence-electron chi connectivity index (χ0n) is 8.11. The monoisotopic (exact) mass is 373 g/mol. The summed E-state index contributed by atoms with van der Waals surface area (Å²) in [5.74, 6) is -1.35. The van der Waals surface area contributed by atoms with Crippen LogP contribution in [0.5, 0.6) is 0 Å². The maximum atomic E-state index is 12.7. The van der Waals surface area contributed by atoms with Gasteiger partial charge in [0, 0.05) is 9.13 Å². The highest BCUT2D eigenvalue weighted by molar-refractivity contribution is 14.1. The van der Waals surface area contributed by atoms with Gasteiger partial charge in [0.25, 0.3) is 0 Å². The number of hydrogen-bond acceptors (Lipinski definition) is 2. The molecule has 0 saturated carbocycles. The average Bonchev–Trinajstić information content (AvgIpc) is 2.25. The fourth-order valence-corrected chi connectivity index (χ4v) is 2.31. The van der Waals surface area contributed by atoms with Crippen molar-refractivity contribution in [1.29, 1.82) is 5.26 Å². The fourth-order valence-electron chi connectivity index (χ4n) is 1.25. The molecule has 0 bridgehead atoms. The molecule has 0 N–H and O–H groups in total. The van der Waals surface area contributed by atoms with E-state index in [1.807, 2.05) is 0 Å². The molecule has 2 nitrogen and oxygen atoms in total. The molecule has 0 heterocycles. The Morgan fingerprint density at radius 1 is 1.47 bits per heavy atom. The molecule has 0 aliphatic rings. The summed E-state index contributed by atoms with van der Waals surface area (Å²) < 4.78 is 38.3. The Morgan fingerprint density at radius 3 is 2.47 bits per heavy atom. The molecule has 0 radical (unpaired) electrons. The van der Waals surface area contributed by atoms with Gasteiger partial charge >= 0.3 is 6.18 Å². The van der Waals surface area contributed by atoms with Crippen LogP contribution in [0.2, 0.25) is 0 Å². The molecule has 7 heteroatoms. The number of nitriles is 1. The summed E-state index contributed by atoms with van der Waals surface area (Å²) in [6.07, 6.45) is -4.69. The SMILES string of the molecule is N#Cc1cc(I)c(C(=O)CCl)c(C(F)(F)F)c1. The van der Waals surface area contributed by atoms with E-state index >= 15 is 0 Å². The van der Waals surface area contributed by atoms with Crippen LogP contribution in [-0.4, -0.2) is 11.7 Å². The molecule has 1 aromatic rings. The zero-order chi connectivity index (χ0) is 13.2. The van der Waals surface area contributed by atoms with Crippen LogP contribution in [-0.2, 0) is 6.18 Å². The third-order valence-electron chi connectivity index (χ3n) is 1.92. The van der Waals surface area contributed by atoms with Crippen molar-refractivity contribution in [2.24, 2.45) is 0 Å². The van der Waals surface area contributed by atoms with Crippen LogP contribution in [0.1, 0.15) is 21.5 Å². The minimum atomic E-state index is -4.69. The largest absolute Gasteiger partial charge is 0.417 e. The third kappa shape index (κ3) is 3.10. The molecular formula is C10H4ClF3INO. The summed E-state index contributed by atoms with van der Waals surface area (Å²) in [5.41, 5.74) is -1.74. The third-order valence-corrected chi connectivity index (χ3v) is 3.02. The second-order valence-electron chi connectivity index (χ2n) is 3.05. The standard InChI is InChI=1S/C10H4ClF3INO/c11-3-8(17)9-6(10(12,13)14)1-5(4-16)2-7(9)15/h1-2H,3H2. The van der Waals surface area contributed by atoms with Gasteiger partial charge in [-0.05, 0) is 34.7 Å². The van der Waals surface area contributed by atoms with E-state index in [0.29, 0.717) is 6.07 Å². The molecule has 17 heavy (non-hydrogen) atoms. The molecule has 0 aromatic heterocycles. The Hall–Kier alpha value is -0.810. The normalized spacial score (nSPS) is 11.1. The van der Waals surface area contributed by atoms with E-state index < -0.39 is 29.0 Å². The van der Waals surface area contributed by atoms with Gasteiger partial charge in [0.15, 0.2) is 5.78 Å². The molecule has 1 rings (SSSR count).